The lowest BCUT2D eigenvalue weighted by molar-refractivity contribution is 0.0983. The molecule has 4 nitrogen and oxygen atoms in total. The quantitative estimate of drug-likeness (QED) is 0.374. The van der Waals surface area contributed by atoms with Crippen LogP contribution in [0.3, 0.4) is 0 Å². The van der Waals surface area contributed by atoms with E-state index < -0.39 is 0 Å². The molecule has 3 aromatic rings. The van der Waals surface area contributed by atoms with E-state index in [2.05, 4.69) is 25.7 Å². The van der Waals surface area contributed by atoms with Gasteiger partial charge in [0.05, 0.1) is 9.72 Å². The number of carbonyl (C=O) groups is 1. The fourth-order valence-electron chi connectivity index (χ4n) is 3.10. The van der Waals surface area contributed by atoms with E-state index in [0.29, 0.717) is 22.3 Å². The number of thioether (sulfide) groups is 1. The van der Waals surface area contributed by atoms with E-state index in [4.69, 9.17) is 16.6 Å². The summed E-state index contributed by atoms with van der Waals surface area (Å²) in [6.07, 6.45) is 0. The highest BCUT2D eigenvalue weighted by molar-refractivity contribution is 7.99. The smallest absolute Gasteiger partial charge is 0.260 e. The Kier molecular flexibility index (Phi) is 7.95. The van der Waals surface area contributed by atoms with Crippen molar-refractivity contribution in [3.63, 3.8) is 0 Å². The van der Waals surface area contributed by atoms with Gasteiger partial charge in [0, 0.05) is 23.5 Å². The van der Waals surface area contributed by atoms with Crippen molar-refractivity contribution in [2.45, 2.75) is 25.7 Å². The van der Waals surface area contributed by atoms with Gasteiger partial charge in [-0.15, -0.1) is 11.8 Å². The largest absolute Gasteiger partial charge is 0.302 e. The van der Waals surface area contributed by atoms with E-state index in [1.165, 1.54) is 16.2 Å². The fourth-order valence-corrected chi connectivity index (χ4v) is 5.05. The van der Waals surface area contributed by atoms with Crippen LogP contribution in [0.1, 0.15) is 31.1 Å². The van der Waals surface area contributed by atoms with E-state index in [0.717, 1.165) is 35.6 Å². The molecule has 0 N–H and O–H groups in total. The second-order valence-corrected chi connectivity index (χ2v) is 9.28. The Labute approximate surface area is 185 Å². The van der Waals surface area contributed by atoms with E-state index >= 15 is 0 Å². The first kappa shape index (κ1) is 22.1. The van der Waals surface area contributed by atoms with Crippen LogP contribution in [0.25, 0.3) is 10.2 Å². The molecule has 29 heavy (non-hydrogen) atoms. The lowest BCUT2D eigenvalue weighted by atomic mass is 10.2. The zero-order chi connectivity index (χ0) is 20.8. The molecule has 1 amide bonds. The monoisotopic (exact) mass is 447 g/mol. The molecule has 0 radical (unpaired) electrons. The van der Waals surface area contributed by atoms with Crippen LogP contribution < -0.4 is 4.90 Å². The van der Waals surface area contributed by atoms with Gasteiger partial charge < -0.3 is 4.90 Å². The standard InChI is InChI=1S/C22H26ClN3OS2/c1-4-25(5-2)14-15-26(21(27)16-10-12-17(13-11-16)28-6-3)22-24-20-18(23)8-7-9-19(20)29-22/h7-13H,4-6,14-15H2,1-3H3. The molecule has 0 aliphatic carbocycles. The van der Waals surface area contributed by atoms with Gasteiger partial charge in [-0.2, -0.15) is 0 Å². The zero-order valence-corrected chi connectivity index (χ0v) is 19.4. The van der Waals surface area contributed by atoms with Crippen molar-refractivity contribution in [3.8, 4) is 0 Å². The molecule has 0 aliphatic rings. The maximum Gasteiger partial charge on any atom is 0.260 e. The van der Waals surface area contributed by atoms with Gasteiger partial charge in [0.1, 0.15) is 5.52 Å². The first-order valence-corrected chi connectivity index (χ1v) is 12.1. The Bertz CT molecular complexity index is 954. The minimum atomic E-state index is -0.0274. The Morgan fingerprint density at radius 3 is 2.41 bits per heavy atom. The average Bonchev–Trinajstić information content (AvgIpc) is 3.17. The zero-order valence-electron chi connectivity index (χ0n) is 17.0. The molecule has 0 bridgehead atoms. The van der Waals surface area contributed by atoms with Crippen molar-refractivity contribution >= 4 is 56.0 Å². The third kappa shape index (κ3) is 5.31. The van der Waals surface area contributed by atoms with Crippen molar-refractivity contribution < 1.29 is 4.79 Å². The third-order valence-electron chi connectivity index (χ3n) is 4.78. The highest BCUT2D eigenvalue weighted by atomic mass is 35.5. The Hall–Kier alpha value is -1.60. The third-order valence-corrected chi connectivity index (χ3v) is 7.02. The fraction of sp³-hybridized carbons (Fsp3) is 0.364. The van der Waals surface area contributed by atoms with Gasteiger partial charge in [-0.3, -0.25) is 9.69 Å². The second-order valence-electron chi connectivity index (χ2n) is 6.52. The Morgan fingerprint density at radius 2 is 1.79 bits per heavy atom. The minimum Gasteiger partial charge on any atom is -0.302 e. The topological polar surface area (TPSA) is 36.4 Å². The molecule has 3 rings (SSSR count). The van der Waals surface area contributed by atoms with Gasteiger partial charge in [0.2, 0.25) is 0 Å². The van der Waals surface area contributed by atoms with Crippen molar-refractivity contribution in [1.82, 2.24) is 9.88 Å². The van der Waals surface area contributed by atoms with Gasteiger partial charge in [0.25, 0.3) is 5.91 Å². The molecule has 0 saturated heterocycles. The number of hydrogen-bond donors (Lipinski definition) is 0. The van der Waals surface area contributed by atoms with Crippen molar-refractivity contribution in [2.75, 3.05) is 36.8 Å². The van der Waals surface area contributed by atoms with Crippen LogP contribution in [0.4, 0.5) is 5.13 Å². The number of amides is 1. The molecular formula is C22H26ClN3OS2. The number of nitrogens with zero attached hydrogens (tertiary/aromatic N) is 3. The second kappa shape index (κ2) is 10.4. The average molecular weight is 448 g/mol. The number of hydrogen-bond acceptors (Lipinski definition) is 5. The van der Waals surface area contributed by atoms with Crippen LogP contribution in [0.2, 0.25) is 5.02 Å². The summed E-state index contributed by atoms with van der Waals surface area (Å²) in [5.74, 6) is 0.982. The van der Waals surface area contributed by atoms with Crippen LogP contribution in [-0.4, -0.2) is 47.7 Å². The number of rotatable bonds is 9. The maximum atomic E-state index is 13.4. The number of fused-ring (bicyclic) bond motifs is 1. The predicted octanol–water partition coefficient (Wildman–Crippen LogP) is 6.05. The lowest BCUT2D eigenvalue weighted by Gasteiger charge is -2.24. The lowest BCUT2D eigenvalue weighted by Crippen LogP contribution is -2.38. The predicted molar refractivity (Wildman–Crippen MR) is 127 cm³/mol. The van der Waals surface area contributed by atoms with Crippen molar-refractivity contribution in [1.29, 1.82) is 0 Å². The van der Waals surface area contributed by atoms with Gasteiger partial charge in [-0.05, 0) is 55.2 Å². The summed E-state index contributed by atoms with van der Waals surface area (Å²) in [5, 5.41) is 1.30. The van der Waals surface area contributed by atoms with Crippen LogP contribution in [0.5, 0.6) is 0 Å². The molecule has 0 unspecified atom stereocenters. The van der Waals surface area contributed by atoms with E-state index in [1.807, 2.05) is 42.5 Å². The highest BCUT2D eigenvalue weighted by Crippen LogP contribution is 2.33. The molecule has 0 aliphatic heterocycles. The number of anilines is 1. The van der Waals surface area contributed by atoms with Gasteiger partial charge in [-0.1, -0.05) is 49.8 Å². The summed E-state index contributed by atoms with van der Waals surface area (Å²) in [5.41, 5.74) is 1.43. The molecule has 0 spiro atoms. The van der Waals surface area contributed by atoms with Crippen LogP contribution in [0.15, 0.2) is 47.4 Å². The molecular weight excluding hydrogens is 422 g/mol. The summed E-state index contributed by atoms with van der Waals surface area (Å²) in [7, 11) is 0. The maximum absolute atomic E-state index is 13.4. The normalized spacial score (nSPS) is 11.3. The molecule has 0 fully saturated rings. The van der Waals surface area contributed by atoms with Crippen molar-refractivity contribution in [2.24, 2.45) is 0 Å². The number of para-hydroxylation sites is 1. The first-order valence-electron chi connectivity index (χ1n) is 9.89. The number of halogens is 1. The summed E-state index contributed by atoms with van der Waals surface area (Å²) < 4.78 is 0.989. The van der Waals surface area contributed by atoms with Gasteiger partial charge in [-0.25, -0.2) is 4.98 Å². The summed E-state index contributed by atoms with van der Waals surface area (Å²) in [6.45, 7) is 9.68. The molecule has 1 aromatic heterocycles. The Balaban J connectivity index is 1.92. The Morgan fingerprint density at radius 1 is 1.07 bits per heavy atom. The molecule has 1 heterocycles. The van der Waals surface area contributed by atoms with Gasteiger partial charge in [0.15, 0.2) is 5.13 Å². The summed E-state index contributed by atoms with van der Waals surface area (Å²) >= 11 is 9.60. The molecule has 0 atom stereocenters. The summed E-state index contributed by atoms with van der Waals surface area (Å²) in [6, 6.07) is 13.6. The van der Waals surface area contributed by atoms with E-state index in [-0.39, 0.29) is 5.91 Å². The highest BCUT2D eigenvalue weighted by Gasteiger charge is 2.22. The number of likely N-dealkylation sites (N-methyl/N-ethyl adjacent to an activating group) is 1. The number of carbonyl (C=O) groups excluding carboxylic acids is 1. The molecule has 0 saturated carbocycles. The van der Waals surface area contributed by atoms with E-state index in [1.54, 1.807) is 16.7 Å². The van der Waals surface area contributed by atoms with Crippen LogP contribution in [0, 0.1) is 0 Å². The first-order chi connectivity index (χ1) is 14.1. The number of benzene rings is 2. The molecule has 2 aromatic carbocycles. The van der Waals surface area contributed by atoms with Crippen LogP contribution in [-0.2, 0) is 0 Å². The minimum absolute atomic E-state index is 0.0274. The molecule has 7 heteroatoms. The number of aromatic nitrogens is 1. The molecule has 154 valence electrons. The van der Waals surface area contributed by atoms with Gasteiger partial charge >= 0.3 is 0 Å². The van der Waals surface area contributed by atoms with E-state index in [9.17, 15) is 4.79 Å². The number of thiazole rings is 1. The SMILES string of the molecule is CCSc1ccc(C(=O)N(CCN(CC)CC)c2nc3c(Cl)cccc3s2)cc1. The van der Waals surface area contributed by atoms with Crippen LogP contribution >= 0.6 is 34.7 Å². The summed E-state index contributed by atoms with van der Waals surface area (Å²) in [4.78, 5) is 23.4. The van der Waals surface area contributed by atoms with Crippen molar-refractivity contribution in [3.05, 3.63) is 53.1 Å².